The number of nitrogens with two attached hydrogens (primary N) is 1. The Morgan fingerprint density at radius 1 is 1.15 bits per heavy atom. The summed E-state index contributed by atoms with van der Waals surface area (Å²) in [4.78, 5) is 9.57. The third-order valence-corrected chi connectivity index (χ3v) is 7.29. The Bertz CT molecular complexity index is 441. The summed E-state index contributed by atoms with van der Waals surface area (Å²) in [6, 6.07) is 0. The van der Waals surface area contributed by atoms with Crippen molar-refractivity contribution in [3.05, 3.63) is 22.8 Å². The molecule has 0 aromatic carbocycles. The predicted molar refractivity (Wildman–Crippen MR) is 90.6 cm³/mol. The predicted octanol–water partition coefficient (Wildman–Crippen LogP) is 3.28. The number of aromatic nitrogens is 2. The van der Waals surface area contributed by atoms with Gasteiger partial charge in [-0.2, -0.15) is 11.8 Å². The van der Waals surface area contributed by atoms with Gasteiger partial charge in [-0.1, -0.05) is 13.8 Å². The van der Waals surface area contributed by atoms with Crippen molar-refractivity contribution < 1.29 is 0 Å². The molecule has 2 heterocycles. The van der Waals surface area contributed by atoms with Crippen molar-refractivity contribution in [1.29, 1.82) is 0 Å². The van der Waals surface area contributed by atoms with Crippen LogP contribution in [0, 0.1) is 13.8 Å². The van der Waals surface area contributed by atoms with Crippen LogP contribution in [0.4, 0.5) is 0 Å². The third-order valence-electron chi connectivity index (χ3n) is 3.91. The number of hydrogen-bond donors (Lipinski definition) is 1. The minimum absolute atomic E-state index is 0.437. The first kappa shape index (κ1) is 16.1. The highest BCUT2D eigenvalue weighted by atomic mass is 32.2. The zero-order valence-electron chi connectivity index (χ0n) is 12.8. The molecule has 0 bridgehead atoms. The maximum Gasteiger partial charge on any atom is 0.142 e. The maximum absolute atomic E-state index is 5.60. The molecule has 112 valence electrons. The maximum atomic E-state index is 5.60. The van der Waals surface area contributed by atoms with Crippen LogP contribution < -0.4 is 5.73 Å². The van der Waals surface area contributed by atoms with Crippen LogP contribution in [0.25, 0.3) is 0 Å². The summed E-state index contributed by atoms with van der Waals surface area (Å²) in [6.07, 6.45) is 2.00. The van der Waals surface area contributed by atoms with Gasteiger partial charge in [-0.15, -0.1) is 11.8 Å². The second kappa shape index (κ2) is 7.14. The van der Waals surface area contributed by atoms with E-state index in [2.05, 4.69) is 27.7 Å². The van der Waals surface area contributed by atoms with Gasteiger partial charge in [0.15, 0.2) is 0 Å². The molecule has 20 heavy (non-hydrogen) atoms. The number of hydrogen-bond acceptors (Lipinski definition) is 5. The molecule has 0 saturated carbocycles. The molecule has 0 radical (unpaired) electrons. The van der Waals surface area contributed by atoms with E-state index in [0.717, 1.165) is 47.6 Å². The zero-order chi connectivity index (χ0) is 14.7. The first-order chi connectivity index (χ1) is 9.52. The van der Waals surface area contributed by atoms with Crippen LogP contribution in [0.5, 0.6) is 0 Å². The van der Waals surface area contributed by atoms with Gasteiger partial charge < -0.3 is 5.73 Å². The molecular formula is C15H25N3S2. The van der Waals surface area contributed by atoms with E-state index in [1.54, 1.807) is 0 Å². The molecule has 1 aliphatic heterocycles. The van der Waals surface area contributed by atoms with E-state index < -0.39 is 0 Å². The Hall–Kier alpha value is -0.260. The molecule has 1 saturated heterocycles. The summed E-state index contributed by atoms with van der Waals surface area (Å²) < 4.78 is 0. The SMILES string of the molecule is Cc1nc(C2CSC(C)C(C)S2)nc(C)c1CCCN. The fourth-order valence-corrected chi connectivity index (χ4v) is 5.31. The Morgan fingerprint density at radius 3 is 2.35 bits per heavy atom. The van der Waals surface area contributed by atoms with Gasteiger partial charge in [0.05, 0.1) is 5.25 Å². The highest BCUT2D eigenvalue weighted by Gasteiger charge is 2.29. The van der Waals surface area contributed by atoms with E-state index in [1.165, 1.54) is 5.56 Å². The van der Waals surface area contributed by atoms with Crippen molar-refractivity contribution in [3.63, 3.8) is 0 Å². The van der Waals surface area contributed by atoms with E-state index in [9.17, 15) is 0 Å². The average Bonchev–Trinajstić information content (AvgIpc) is 2.41. The molecule has 1 fully saturated rings. The lowest BCUT2D eigenvalue weighted by molar-refractivity contribution is 0.781. The van der Waals surface area contributed by atoms with Crippen molar-refractivity contribution in [1.82, 2.24) is 9.97 Å². The van der Waals surface area contributed by atoms with E-state index in [4.69, 9.17) is 15.7 Å². The van der Waals surface area contributed by atoms with Gasteiger partial charge in [0, 0.05) is 27.6 Å². The average molecular weight is 312 g/mol. The highest BCUT2D eigenvalue weighted by molar-refractivity contribution is 8.07. The minimum atomic E-state index is 0.437. The summed E-state index contributed by atoms with van der Waals surface area (Å²) in [6.45, 7) is 9.56. The lowest BCUT2D eigenvalue weighted by Crippen LogP contribution is -2.23. The smallest absolute Gasteiger partial charge is 0.142 e. The standard InChI is InChI=1S/C15H25N3S2/c1-9-13(6-5-7-16)10(2)18-15(17-9)14-8-19-11(3)12(4)20-14/h11-12,14H,5-8,16H2,1-4H3. The normalized spacial score (nSPS) is 26.8. The quantitative estimate of drug-likeness (QED) is 0.925. The molecule has 0 amide bonds. The molecule has 0 spiro atoms. The number of thioether (sulfide) groups is 2. The van der Waals surface area contributed by atoms with Gasteiger partial charge in [0.25, 0.3) is 0 Å². The van der Waals surface area contributed by atoms with Crippen molar-refractivity contribution in [2.45, 2.75) is 56.3 Å². The lowest BCUT2D eigenvalue weighted by Gasteiger charge is -2.30. The third kappa shape index (κ3) is 3.68. The van der Waals surface area contributed by atoms with E-state index >= 15 is 0 Å². The molecule has 3 nitrogen and oxygen atoms in total. The number of rotatable bonds is 4. The van der Waals surface area contributed by atoms with Gasteiger partial charge in [-0.3, -0.25) is 0 Å². The van der Waals surface area contributed by atoms with Gasteiger partial charge in [-0.05, 0) is 38.8 Å². The van der Waals surface area contributed by atoms with Crippen LogP contribution in [0.15, 0.2) is 0 Å². The number of nitrogens with zero attached hydrogens (tertiary/aromatic N) is 2. The molecule has 1 aromatic heterocycles. The zero-order valence-corrected chi connectivity index (χ0v) is 14.5. The van der Waals surface area contributed by atoms with E-state index in [0.29, 0.717) is 10.5 Å². The Kier molecular flexibility index (Phi) is 5.75. The van der Waals surface area contributed by atoms with E-state index in [1.807, 2.05) is 23.5 Å². The topological polar surface area (TPSA) is 51.8 Å². The molecule has 0 aliphatic carbocycles. The first-order valence-electron chi connectivity index (χ1n) is 7.34. The Morgan fingerprint density at radius 2 is 1.80 bits per heavy atom. The largest absolute Gasteiger partial charge is 0.330 e. The molecule has 5 heteroatoms. The molecule has 1 aromatic rings. The van der Waals surface area contributed by atoms with Crippen LogP contribution in [-0.2, 0) is 6.42 Å². The lowest BCUT2D eigenvalue weighted by atomic mass is 10.1. The summed E-state index contributed by atoms with van der Waals surface area (Å²) >= 11 is 4.06. The Balaban J connectivity index is 2.17. The molecule has 2 N–H and O–H groups in total. The minimum Gasteiger partial charge on any atom is -0.330 e. The monoisotopic (exact) mass is 311 g/mol. The van der Waals surface area contributed by atoms with Crippen LogP contribution in [0.3, 0.4) is 0 Å². The summed E-state index contributed by atoms with van der Waals surface area (Å²) in [7, 11) is 0. The van der Waals surface area contributed by atoms with Crippen LogP contribution in [-0.4, -0.2) is 32.8 Å². The first-order valence-corrected chi connectivity index (χ1v) is 9.33. The summed E-state index contributed by atoms with van der Waals surface area (Å²) in [5.41, 5.74) is 9.16. The van der Waals surface area contributed by atoms with Crippen LogP contribution in [0.1, 0.15) is 48.3 Å². The van der Waals surface area contributed by atoms with Crippen LogP contribution >= 0.6 is 23.5 Å². The molecular weight excluding hydrogens is 286 g/mol. The molecule has 1 aliphatic rings. The second-order valence-corrected chi connectivity index (χ2v) is 8.49. The van der Waals surface area contributed by atoms with Crippen molar-refractivity contribution in [2.24, 2.45) is 5.73 Å². The van der Waals surface area contributed by atoms with Crippen LogP contribution in [0.2, 0.25) is 0 Å². The van der Waals surface area contributed by atoms with E-state index in [-0.39, 0.29) is 0 Å². The molecule has 2 rings (SSSR count). The summed E-state index contributed by atoms with van der Waals surface area (Å²) in [5.74, 6) is 2.14. The van der Waals surface area contributed by atoms with Crippen molar-refractivity contribution >= 4 is 23.5 Å². The van der Waals surface area contributed by atoms with Gasteiger partial charge in [0.1, 0.15) is 5.82 Å². The summed E-state index contributed by atoms with van der Waals surface area (Å²) in [5, 5.41) is 1.83. The fraction of sp³-hybridized carbons (Fsp3) is 0.733. The molecule has 3 unspecified atom stereocenters. The van der Waals surface area contributed by atoms with Crippen molar-refractivity contribution in [3.8, 4) is 0 Å². The van der Waals surface area contributed by atoms with Crippen molar-refractivity contribution in [2.75, 3.05) is 12.3 Å². The van der Waals surface area contributed by atoms with Gasteiger partial charge in [-0.25, -0.2) is 9.97 Å². The Labute approximate surface area is 130 Å². The fourth-order valence-electron chi connectivity index (χ4n) is 2.47. The molecule has 3 atom stereocenters. The highest BCUT2D eigenvalue weighted by Crippen LogP contribution is 2.43. The number of aryl methyl sites for hydroxylation is 2. The van der Waals surface area contributed by atoms with Gasteiger partial charge in [0.2, 0.25) is 0 Å². The van der Waals surface area contributed by atoms with Gasteiger partial charge >= 0.3 is 0 Å². The second-order valence-electron chi connectivity index (χ2n) is 5.49.